The summed E-state index contributed by atoms with van der Waals surface area (Å²) < 4.78 is 31.2. The quantitative estimate of drug-likeness (QED) is 0.111. The molecule has 3 heterocycles. The van der Waals surface area contributed by atoms with Gasteiger partial charge in [0.1, 0.15) is 65.9 Å². The Morgan fingerprint density at radius 1 is 0.700 bits per heavy atom. The third-order valence-electron chi connectivity index (χ3n) is 7.41. The lowest BCUT2D eigenvalue weighted by Gasteiger charge is -2.14. The van der Waals surface area contributed by atoms with Gasteiger partial charge in [-0.1, -0.05) is 36.4 Å². The minimum atomic E-state index is -0.650. The number of rotatable bonds is 14. The van der Waals surface area contributed by atoms with Gasteiger partial charge >= 0.3 is 0 Å². The molecule has 6 rings (SSSR count). The number of hydrogen-bond acceptors (Lipinski definition) is 10. The number of aromatic nitrogens is 3. The number of nitrogens with one attached hydrogen (secondary N) is 3. The number of nitrogens with two attached hydrogens (primary N) is 1. The van der Waals surface area contributed by atoms with Gasteiger partial charge in [-0.2, -0.15) is 0 Å². The van der Waals surface area contributed by atoms with Gasteiger partial charge in [0.2, 0.25) is 0 Å². The molecule has 0 unspecified atom stereocenters. The van der Waals surface area contributed by atoms with Crippen LogP contribution < -0.4 is 35.9 Å². The number of para-hydroxylation sites is 2. The largest absolute Gasteiger partial charge is 0.491 e. The first kappa shape index (κ1) is 33.7. The van der Waals surface area contributed by atoms with Gasteiger partial charge in [0.25, 0.3) is 11.8 Å². The number of likely N-dealkylation sites (N-methyl/N-ethyl adjacent to an activating group) is 1. The van der Waals surface area contributed by atoms with Gasteiger partial charge in [-0.05, 0) is 49.0 Å². The van der Waals surface area contributed by atoms with Crippen molar-refractivity contribution in [2.75, 3.05) is 44.0 Å². The van der Waals surface area contributed by atoms with Crippen molar-refractivity contribution < 1.29 is 28.2 Å². The normalized spacial score (nSPS) is 10.9. The lowest BCUT2D eigenvalue weighted by atomic mass is 10.2. The molecular weight excluding hydrogens is 641 g/mol. The summed E-state index contributed by atoms with van der Waals surface area (Å²) in [7, 11) is 1.83. The number of fused-ring (bicyclic) bond motifs is 2. The highest BCUT2D eigenvalue weighted by Gasteiger charge is 2.19. The zero-order valence-electron chi connectivity index (χ0n) is 27.1. The lowest BCUT2D eigenvalue weighted by molar-refractivity contribution is 0.101. The Kier molecular flexibility index (Phi) is 10.7. The maximum Gasteiger partial charge on any atom is 0.275 e. The number of carbonyl (C=O) groups is 2. The van der Waals surface area contributed by atoms with Crippen LogP contribution in [0.15, 0.2) is 97.1 Å². The fourth-order valence-electron chi connectivity index (χ4n) is 5.02. The van der Waals surface area contributed by atoms with E-state index in [0.29, 0.717) is 47.8 Å². The molecule has 0 aliphatic carbocycles. The molecule has 13 heteroatoms. The minimum Gasteiger partial charge on any atom is -0.491 e. The molecule has 6 aromatic rings. The van der Waals surface area contributed by atoms with E-state index in [1.807, 2.05) is 49.5 Å². The predicted molar refractivity (Wildman–Crippen MR) is 188 cm³/mol. The fourth-order valence-corrected chi connectivity index (χ4v) is 5.02. The number of halogens is 1. The van der Waals surface area contributed by atoms with E-state index < -0.39 is 11.8 Å². The maximum absolute atomic E-state index is 13.7. The van der Waals surface area contributed by atoms with Crippen LogP contribution in [0.25, 0.3) is 21.8 Å². The minimum absolute atomic E-state index is 0.0417. The average Bonchev–Trinajstić information content (AvgIpc) is 3.13. The molecule has 5 N–H and O–H groups in total. The van der Waals surface area contributed by atoms with Crippen LogP contribution in [0.1, 0.15) is 26.5 Å². The van der Waals surface area contributed by atoms with E-state index in [1.165, 1.54) is 24.3 Å². The highest BCUT2D eigenvalue weighted by molar-refractivity contribution is 6.07. The van der Waals surface area contributed by atoms with Crippen molar-refractivity contribution >= 4 is 45.3 Å². The van der Waals surface area contributed by atoms with Crippen molar-refractivity contribution in [3.8, 4) is 17.2 Å². The summed E-state index contributed by atoms with van der Waals surface area (Å²) in [5, 5.41) is 10.1. The second kappa shape index (κ2) is 15.8. The van der Waals surface area contributed by atoms with Crippen molar-refractivity contribution in [3.05, 3.63) is 120 Å². The highest BCUT2D eigenvalue weighted by atomic mass is 19.1. The third-order valence-corrected chi connectivity index (χ3v) is 7.41. The smallest absolute Gasteiger partial charge is 0.275 e. The summed E-state index contributed by atoms with van der Waals surface area (Å²) in [5.41, 5.74) is 7.31. The van der Waals surface area contributed by atoms with Crippen LogP contribution in [-0.4, -0.2) is 60.1 Å². The van der Waals surface area contributed by atoms with E-state index in [1.54, 1.807) is 30.3 Å². The number of ether oxygens (including phenoxy) is 3. The molecule has 0 spiro atoms. The predicted octanol–water partition coefficient (Wildman–Crippen LogP) is 5.34. The fraction of sp³-hybridized carbons (Fsp3) is 0.162. The summed E-state index contributed by atoms with van der Waals surface area (Å²) in [6.45, 7) is 1.63. The topological polar surface area (TPSA) is 163 Å². The van der Waals surface area contributed by atoms with Crippen molar-refractivity contribution in [3.63, 3.8) is 0 Å². The van der Waals surface area contributed by atoms with Crippen LogP contribution >= 0.6 is 0 Å². The van der Waals surface area contributed by atoms with Crippen molar-refractivity contribution in [1.29, 1.82) is 0 Å². The molecule has 0 aliphatic rings. The van der Waals surface area contributed by atoms with Gasteiger partial charge in [0, 0.05) is 48.1 Å². The van der Waals surface area contributed by atoms with Crippen LogP contribution in [0.3, 0.4) is 0 Å². The first-order valence-electron chi connectivity index (χ1n) is 15.8. The van der Waals surface area contributed by atoms with E-state index in [0.717, 1.165) is 10.8 Å². The van der Waals surface area contributed by atoms with E-state index in [9.17, 15) is 14.0 Å². The molecule has 3 aromatic carbocycles. The summed E-state index contributed by atoms with van der Waals surface area (Å²) in [5.74, 6) is -0.0186. The number of nitrogens with zero attached hydrogens (tertiary/aromatic N) is 3. The second-order valence-corrected chi connectivity index (χ2v) is 11.0. The lowest BCUT2D eigenvalue weighted by Crippen LogP contribution is -2.20. The zero-order chi connectivity index (χ0) is 34.9. The van der Waals surface area contributed by atoms with Gasteiger partial charge in [-0.3, -0.25) is 9.59 Å². The molecule has 254 valence electrons. The number of pyridine rings is 3. The van der Waals surface area contributed by atoms with E-state index >= 15 is 0 Å². The molecular formula is C37H34FN7O5. The Labute approximate surface area is 286 Å². The Balaban J connectivity index is 1.30. The van der Waals surface area contributed by atoms with Crippen LogP contribution in [-0.2, 0) is 6.61 Å². The SMILES string of the molecule is CNCCOc1cc(NC(=O)c2cc(OCc3ccc(F)cc3)cc(C(=O)Nc3cc(OCCN)c4ccccc4n3)n2)nc2ccccc12. The van der Waals surface area contributed by atoms with Gasteiger partial charge < -0.3 is 35.9 Å². The van der Waals surface area contributed by atoms with E-state index in [-0.39, 0.29) is 47.8 Å². The summed E-state index contributed by atoms with van der Waals surface area (Å²) in [6.07, 6.45) is 0. The summed E-state index contributed by atoms with van der Waals surface area (Å²) >= 11 is 0. The third kappa shape index (κ3) is 8.27. The van der Waals surface area contributed by atoms with Crippen LogP contribution in [0, 0.1) is 5.82 Å². The van der Waals surface area contributed by atoms with Crippen LogP contribution in [0.5, 0.6) is 17.2 Å². The first-order valence-corrected chi connectivity index (χ1v) is 15.8. The highest BCUT2D eigenvalue weighted by Crippen LogP contribution is 2.29. The Morgan fingerprint density at radius 3 is 1.78 bits per heavy atom. The van der Waals surface area contributed by atoms with Crippen LogP contribution in [0.4, 0.5) is 16.0 Å². The van der Waals surface area contributed by atoms with E-state index in [2.05, 4.69) is 30.9 Å². The maximum atomic E-state index is 13.7. The number of anilines is 2. The monoisotopic (exact) mass is 675 g/mol. The van der Waals surface area contributed by atoms with Crippen LogP contribution in [0.2, 0.25) is 0 Å². The van der Waals surface area contributed by atoms with Crippen molar-refractivity contribution in [2.24, 2.45) is 5.73 Å². The molecule has 0 radical (unpaired) electrons. The van der Waals surface area contributed by atoms with Gasteiger partial charge in [-0.25, -0.2) is 19.3 Å². The van der Waals surface area contributed by atoms with Crippen molar-refractivity contribution in [2.45, 2.75) is 6.61 Å². The van der Waals surface area contributed by atoms with Gasteiger partial charge in [-0.15, -0.1) is 0 Å². The molecule has 12 nitrogen and oxygen atoms in total. The van der Waals surface area contributed by atoms with Gasteiger partial charge in [0.15, 0.2) is 0 Å². The second-order valence-electron chi connectivity index (χ2n) is 11.0. The average molecular weight is 676 g/mol. The molecule has 50 heavy (non-hydrogen) atoms. The molecule has 0 atom stereocenters. The molecule has 0 bridgehead atoms. The summed E-state index contributed by atoms with van der Waals surface area (Å²) in [6, 6.07) is 26.6. The Morgan fingerprint density at radius 2 is 1.24 bits per heavy atom. The standard InChI is InChI=1S/C37H34FN7O5/c1-40-15-17-49-33-21-35(43-29-9-5-3-7-27(29)33)45-37(47)31-19-25(50-22-23-10-12-24(38)13-11-23)18-30(41-31)36(46)44-34-20-32(48-16-14-39)26-6-2-4-8-28(26)42-34/h2-13,18-21,40H,14-17,22,39H2,1H3,(H,42,44,46)(H,43,45,47). The zero-order valence-corrected chi connectivity index (χ0v) is 27.1. The Bertz CT molecular complexity index is 2150. The molecule has 0 saturated carbocycles. The number of benzene rings is 3. The molecule has 2 amide bonds. The first-order chi connectivity index (χ1) is 24.4. The van der Waals surface area contributed by atoms with E-state index in [4.69, 9.17) is 19.9 Å². The molecule has 0 fully saturated rings. The number of amides is 2. The number of hydrogen-bond donors (Lipinski definition) is 4. The van der Waals surface area contributed by atoms with Crippen molar-refractivity contribution in [1.82, 2.24) is 20.3 Å². The van der Waals surface area contributed by atoms with Gasteiger partial charge in [0.05, 0.1) is 11.0 Å². The molecule has 3 aromatic heterocycles. The molecule has 0 saturated heterocycles. The number of carbonyl (C=O) groups excluding carboxylic acids is 2. The molecule has 0 aliphatic heterocycles. The Hall–Kier alpha value is -6.18. The summed E-state index contributed by atoms with van der Waals surface area (Å²) in [4.78, 5) is 40.8.